The molecule has 8 heteroatoms. The number of urea groups is 1. The largest absolute Gasteiger partial charge is 0.497 e. The van der Waals surface area contributed by atoms with E-state index >= 15 is 0 Å². The number of methoxy groups -OCH3 is 1. The maximum atomic E-state index is 13.2. The van der Waals surface area contributed by atoms with Crippen molar-refractivity contribution in [3.05, 3.63) is 88.3 Å². The van der Waals surface area contributed by atoms with Crippen molar-refractivity contribution in [3.63, 3.8) is 0 Å². The number of nitrogens with two attached hydrogens (primary N) is 2. The summed E-state index contributed by atoms with van der Waals surface area (Å²) < 4.78 is 6.44. The first-order chi connectivity index (χ1) is 16.4. The van der Waals surface area contributed by atoms with Crippen LogP contribution in [0.3, 0.4) is 0 Å². The highest BCUT2D eigenvalue weighted by molar-refractivity contribution is 6.04. The molecular formula is C26H25N5O3. The van der Waals surface area contributed by atoms with Crippen LogP contribution in [-0.2, 0) is 6.42 Å². The molecule has 0 saturated heterocycles. The number of hydrogen-bond donors (Lipinski definition) is 2. The van der Waals surface area contributed by atoms with E-state index in [1.807, 2.05) is 49.4 Å². The van der Waals surface area contributed by atoms with Gasteiger partial charge in [-0.25, -0.2) is 20.3 Å². The lowest BCUT2D eigenvalue weighted by atomic mass is 9.96. The third-order valence-electron chi connectivity index (χ3n) is 6.35. The molecule has 0 atom stereocenters. The zero-order chi connectivity index (χ0) is 24.0. The smallest absolute Gasteiger partial charge is 0.343 e. The molecule has 3 aromatic carbocycles. The number of anilines is 2. The molecule has 2 amide bonds. The Morgan fingerprint density at radius 2 is 1.82 bits per heavy atom. The third kappa shape index (κ3) is 3.45. The second-order valence-electron chi connectivity index (χ2n) is 8.35. The number of pyridine rings is 1. The van der Waals surface area contributed by atoms with Crippen molar-refractivity contribution < 1.29 is 9.53 Å². The van der Waals surface area contributed by atoms with E-state index < -0.39 is 0 Å². The number of hydrogen-bond acceptors (Lipinski definition) is 5. The van der Waals surface area contributed by atoms with Crippen LogP contribution in [0.5, 0.6) is 5.75 Å². The molecule has 8 nitrogen and oxygen atoms in total. The molecule has 2 heterocycles. The summed E-state index contributed by atoms with van der Waals surface area (Å²) in [5, 5.41) is 2.40. The minimum atomic E-state index is -0.291. The molecule has 0 bridgehead atoms. The summed E-state index contributed by atoms with van der Waals surface area (Å²) in [5.41, 5.74) is 4.83. The summed E-state index contributed by atoms with van der Waals surface area (Å²) in [6.45, 7) is 2.52. The number of benzene rings is 3. The van der Waals surface area contributed by atoms with Gasteiger partial charge in [0.15, 0.2) is 0 Å². The lowest BCUT2D eigenvalue weighted by molar-refractivity contribution is 0.252. The highest BCUT2D eigenvalue weighted by atomic mass is 16.5. The van der Waals surface area contributed by atoms with Crippen molar-refractivity contribution in [2.75, 3.05) is 29.4 Å². The average molecular weight is 456 g/mol. The number of fused-ring (bicyclic) bond motifs is 2. The Labute approximate surface area is 196 Å². The standard InChI is InChI=1S/C26H25N5O3/c1-16-13-18(31(28)26(33)29-12-11-17-5-3-4-6-24(17)29)7-9-20(16)23-15-30(27)25(32)21-10-8-19(34-2)14-22(21)23/h3-10,13-15H,11-12,27-28H2,1-2H3. The van der Waals surface area contributed by atoms with Crippen molar-refractivity contribution in [2.45, 2.75) is 13.3 Å². The number of nitrogen functional groups attached to an aromatic ring is 1. The van der Waals surface area contributed by atoms with Crippen LogP contribution < -0.4 is 31.9 Å². The molecule has 0 unspecified atom stereocenters. The molecule has 1 aliphatic heterocycles. The molecule has 0 spiro atoms. The fraction of sp³-hybridized carbons (Fsp3) is 0.154. The monoisotopic (exact) mass is 455 g/mol. The Morgan fingerprint density at radius 1 is 1.03 bits per heavy atom. The first kappa shape index (κ1) is 21.5. The Bertz CT molecular complexity index is 1490. The van der Waals surface area contributed by atoms with Gasteiger partial charge >= 0.3 is 6.03 Å². The molecule has 4 aromatic rings. The fourth-order valence-electron chi connectivity index (χ4n) is 4.56. The molecular weight excluding hydrogens is 430 g/mol. The number of amides is 2. The minimum Gasteiger partial charge on any atom is -0.497 e. The van der Waals surface area contributed by atoms with Gasteiger partial charge in [-0.2, -0.15) is 0 Å². The molecule has 0 aliphatic carbocycles. The molecule has 0 saturated carbocycles. The number of para-hydroxylation sites is 1. The van der Waals surface area contributed by atoms with E-state index in [2.05, 4.69) is 0 Å². The number of carbonyl (C=O) groups excluding carboxylic acids is 1. The Balaban J connectivity index is 1.53. The quantitative estimate of drug-likeness (QED) is 0.279. The zero-order valence-electron chi connectivity index (χ0n) is 19.0. The van der Waals surface area contributed by atoms with Gasteiger partial charge in [0, 0.05) is 34.8 Å². The molecule has 4 N–H and O–H groups in total. The van der Waals surface area contributed by atoms with Crippen LogP contribution in [0.15, 0.2) is 71.7 Å². The van der Waals surface area contributed by atoms with Crippen LogP contribution in [-0.4, -0.2) is 24.4 Å². The summed E-state index contributed by atoms with van der Waals surface area (Å²) in [7, 11) is 1.58. The molecule has 34 heavy (non-hydrogen) atoms. The van der Waals surface area contributed by atoms with Crippen molar-refractivity contribution >= 4 is 28.2 Å². The van der Waals surface area contributed by atoms with Crippen LogP contribution >= 0.6 is 0 Å². The lowest BCUT2D eigenvalue weighted by Crippen LogP contribution is -2.47. The number of rotatable bonds is 3. The maximum Gasteiger partial charge on any atom is 0.343 e. The van der Waals surface area contributed by atoms with Crippen LogP contribution in [0, 0.1) is 6.92 Å². The van der Waals surface area contributed by atoms with Gasteiger partial charge in [0.05, 0.1) is 12.8 Å². The van der Waals surface area contributed by atoms with E-state index in [0.29, 0.717) is 23.4 Å². The van der Waals surface area contributed by atoms with E-state index in [-0.39, 0.29) is 11.6 Å². The molecule has 1 aromatic heterocycles. The second kappa shape index (κ2) is 8.24. The molecule has 0 fully saturated rings. The molecule has 1 aliphatic rings. The van der Waals surface area contributed by atoms with E-state index in [0.717, 1.165) is 44.4 Å². The number of carbonyl (C=O) groups is 1. The van der Waals surface area contributed by atoms with Crippen LogP contribution in [0.25, 0.3) is 21.9 Å². The minimum absolute atomic E-state index is 0.289. The van der Waals surface area contributed by atoms with Crippen molar-refractivity contribution in [2.24, 2.45) is 5.84 Å². The summed E-state index contributed by atoms with van der Waals surface area (Å²) in [6.07, 6.45) is 2.41. The Morgan fingerprint density at radius 3 is 2.59 bits per heavy atom. The number of hydrazine groups is 1. The van der Waals surface area contributed by atoms with Crippen molar-refractivity contribution in [1.29, 1.82) is 0 Å². The highest BCUT2D eigenvalue weighted by Gasteiger charge is 2.28. The maximum absolute atomic E-state index is 13.2. The number of ether oxygens (including phenoxy) is 1. The number of aryl methyl sites for hydroxylation is 1. The van der Waals surface area contributed by atoms with Crippen LogP contribution in [0.4, 0.5) is 16.2 Å². The number of aromatic nitrogens is 1. The van der Waals surface area contributed by atoms with Crippen molar-refractivity contribution in [3.8, 4) is 16.9 Å². The predicted octanol–water partition coefficient (Wildman–Crippen LogP) is 3.56. The van der Waals surface area contributed by atoms with E-state index in [4.69, 9.17) is 16.4 Å². The van der Waals surface area contributed by atoms with Gasteiger partial charge in [0.25, 0.3) is 5.56 Å². The van der Waals surface area contributed by atoms with Gasteiger partial charge in [-0.1, -0.05) is 24.3 Å². The third-order valence-corrected chi connectivity index (χ3v) is 6.35. The first-order valence-corrected chi connectivity index (χ1v) is 10.9. The van der Waals surface area contributed by atoms with Crippen LogP contribution in [0.1, 0.15) is 11.1 Å². The normalized spacial score (nSPS) is 12.6. The molecule has 5 rings (SSSR count). The van der Waals surface area contributed by atoms with E-state index in [9.17, 15) is 9.59 Å². The summed E-state index contributed by atoms with van der Waals surface area (Å²) >= 11 is 0. The van der Waals surface area contributed by atoms with Gasteiger partial charge in [-0.15, -0.1) is 0 Å². The predicted molar refractivity (Wildman–Crippen MR) is 135 cm³/mol. The topological polar surface area (TPSA) is 107 Å². The Hall–Kier alpha value is -4.30. The highest BCUT2D eigenvalue weighted by Crippen LogP contribution is 2.34. The molecule has 172 valence electrons. The van der Waals surface area contributed by atoms with Gasteiger partial charge in [0.1, 0.15) is 5.75 Å². The zero-order valence-corrected chi connectivity index (χ0v) is 19.0. The van der Waals surface area contributed by atoms with Gasteiger partial charge in [-0.05, 0) is 66.4 Å². The summed E-state index contributed by atoms with van der Waals surface area (Å²) in [4.78, 5) is 27.4. The first-order valence-electron chi connectivity index (χ1n) is 10.9. The fourth-order valence-corrected chi connectivity index (χ4v) is 4.56. The summed E-state index contributed by atoms with van der Waals surface area (Å²) in [6, 6.07) is 18.4. The van der Waals surface area contributed by atoms with Gasteiger partial charge in [-0.3, -0.25) is 9.69 Å². The average Bonchev–Trinajstić information content (AvgIpc) is 3.29. The van der Waals surface area contributed by atoms with E-state index in [1.165, 1.54) is 5.01 Å². The van der Waals surface area contributed by atoms with Crippen LogP contribution in [0.2, 0.25) is 0 Å². The van der Waals surface area contributed by atoms with Gasteiger partial charge < -0.3 is 10.6 Å². The summed E-state index contributed by atoms with van der Waals surface area (Å²) in [5.74, 6) is 12.9. The van der Waals surface area contributed by atoms with E-state index in [1.54, 1.807) is 36.4 Å². The van der Waals surface area contributed by atoms with Gasteiger partial charge in [0.2, 0.25) is 0 Å². The number of nitrogens with zero attached hydrogens (tertiary/aromatic N) is 3. The molecule has 0 radical (unpaired) electrons. The van der Waals surface area contributed by atoms with Crippen molar-refractivity contribution in [1.82, 2.24) is 4.68 Å². The lowest BCUT2D eigenvalue weighted by Gasteiger charge is -2.25. The Kier molecular flexibility index (Phi) is 5.22. The second-order valence-corrected chi connectivity index (χ2v) is 8.35. The SMILES string of the molecule is COc1ccc2c(=O)n(N)cc(-c3ccc(N(N)C(=O)N4CCc5ccccc54)cc3C)c2c1.